The number of nitriles is 1. The SMILES string of the molecule is COc1cccc(-n2c(=O)n(Cc3ccccc3C#N)c3cnc(NC4CC4)nc32)c1. The van der Waals surface area contributed by atoms with Gasteiger partial charge in [0, 0.05) is 12.1 Å². The fourth-order valence-corrected chi connectivity index (χ4v) is 3.59. The minimum absolute atomic E-state index is 0.245. The summed E-state index contributed by atoms with van der Waals surface area (Å²) < 4.78 is 8.51. The van der Waals surface area contributed by atoms with Gasteiger partial charge >= 0.3 is 5.69 Å². The smallest absolute Gasteiger partial charge is 0.335 e. The molecule has 0 radical (unpaired) electrons. The molecule has 8 heteroatoms. The fraction of sp³-hybridized carbons (Fsp3) is 0.217. The zero-order valence-electron chi connectivity index (χ0n) is 16.9. The average molecular weight is 412 g/mol. The Kier molecular flexibility index (Phi) is 4.64. The first kappa shape index (κ1) is 18.9. The Morgan fingerprint density at radius 3 is 2.84 bits per heavy atom. The van der Waals surface area contributed by atoms with Crippen LogP contribution in [-0.4, -0.2) is 32.3 Å². The lowest BCUT2D eigenvalue weighted by Gasteiger charge is -2.06. The van der Waals surface area contributed by atoms with Crippen LogP contribution in [0.1, 0.15) is 24.0 Å². The summed E-state index contributed by atoms with van der Waals surface area (Å²) in [6, 6.07) is 17.1. The predicted molar refractivity (Wildman–Crippen MR) is 117 cm³/mol. The first-order chi connectivity index (χ1) is 15.2. The summed E-state index contributed by atoms with van der Waals surface area (Å²) in [6.07, 6.45) is 3.85. The van der Waals surface area contributed by atoms with Crippen molar-refractivity contribution in [3.8, 4) is 17.5 Å². The van der Waals surface area contributed by atoms with E-state index >= 15 is 0 Å². The van der Waals surface area contributed by atoms with Gasteiger partial charge in [-0.15, -0.1) is 0 Å². The molecule has 154 valence electrons. The van der Waals surface area contributed by atoms with E-state index in [2.05, 4.69) is 21.4 Å². The first-order valence-electron chi connectivity index (χ1n) is 10.0. The van der Waals surface area contributed by atoms with E-state index in [4.69, 9.17) is 4.74 Å². The van der Waals surface area contributed by atoms with Crippen LogP contribution in [-0.2, 0) is 6.54 Å². The third-order valence-electron chi connectivity index (χ3n) is 5.36. The normalized spacial score (nSPS) is 13.2. The molecule has 1 N–H and O–H groups in total. The molecule has 0 spiro atoms. The van der Waals surface area contributed by atoms with Gasteiger partial charge in [-0.2, -0.15) is 10.2 Å². The molecular weight excluding hydrogens is 392 g/mol. The summed E-state index contributed by atoms with van der Waals surface area (Å²) in [5, 5.41) is 12.7. The molecular formula is C23H20N6O2. The quantitative estimate of drug-likeness (QED) is 0.523. The molecule has 0 amide bonds. The van der Waals surface area contributed by atoms with E-state index in [-0.39, 0.29) is 12.2 Å². The van der Waals surface area contributed by atoms with Crippen LogP contribution in [0.25, 0.3) is 16.9 Å². The van der Waals surface area contributed by atoms with Crippen LogP contribution < -0.4 is 15.7 Å². The molecule has 1 saturated carbocycles. The third-order valence-corrected chi connectivity index (χ3v) is 5.36. The molecule has 0 saturated heterocycles. The minimum atomic E-state index is -0.256. The molecule has 1 fully saturated rings. The van der Waals surface area contributed by atoms with Gasteiger partial charge < -0.3 is 10.1 Å². The Morgan fingerprint density at radius 1 is 1.23 bits per heavy atom. The summed E-state index contributed by atoms with van der Waals surface area (Å²) in [5.74, 6) is 1.15. The van der Waals surface area contributed by atoms with Crippen molar-refractivity contribution in [2.45, 2.75) is 25.4 Å². The minimum Gasteiger partial charge on any atom is -0.497 e. The average Bonchev–Trinajstić information content (AvgIpc) is 3.58. The standard InChI is InChI=1S/C23H20N6O2/c1-31-19-8-4-7-18(11-19)29-21-20(13-25-22(27-21)26-17-9-10-17)28(23(29)30)14-16-6-3-2-5-15(16)12-24/h2-8,11,13,17H,9-10,14H2,1H3,(H,25,26,27). The van der Waals surface area contributed by atoms with Crippen LogP contribution in [0.3, 0.4) is 0 Å². The van der Waals surface area contributed by atoms with Crippen molar-refractivity contribution in [3.63, 3.8) is 0 Å². The van der Waals surface area contributed by atoms with Gasteiger partial charge in [0.2, 0.25) is 5.95 Å². The summed E-state index contributed by atoms with van der Waals surface area (Å²) in [4.78, 5) is 22.6. The number of hydrogen-bond donors (Lipinski definition) is 1. The van der Waals surface area contributed by atoms with Crippen molar-refractivity contribution in [3.05, 3.63) is 76.3 Å². The number of benzene rings is 2. The van der Waals surface area contributed by atoms with Gasteiger partial charge in [0.05, 0.1) is 37.2 Å². The number of rotatable bonds is 6. The van der Waals surface area contributed by atoms with Crippen LogP contribution in [0, 0.1) is 11.3 Å². The van der Waals surface area contributed by atoms with Crippen LogP contribution in [0.4, 0.5) is 5.95 Å². The molecule has 0 unspecified atom stereocenters. The summed E-state index contributed by atoms with van der Waals surface area (Å²) >= 11 is 0. The van der Waals surface area contributed by atoms with Crippen molar-refractivity contribution >= 4 is 17.1 Å². The lowest BCUT2D eigenvalue weighted by Crippen LogP contribution is -2.24. The maximum Gasteiger partial charge on any atom is 0.335 e. The highest BCUT2D eigenvalue weighted by atomic mass is 16.5. The first-order valence-corrected chi connectivity index (χ1v) is 10.0. The second-order valence-electron chi connectivity index (χ2n) is 7.50. The van der Waals surface area contributed by atoms with Crippen molar-refractivity contribution in [2.24, 2.45) is 0 Å². The number of hydrogen-bond acceptors (Lipinski definition) is 6. The Balaban J connectivity index is 1.71. The Morgan fingerprint density at radius 2 is 2.06 bits per heavy atom. The molecule has 5 rings (SSSR count). The lowest BCUT2D eigenvalue weighted by molar-refractivity contribution is 0.414. The molecule has 2 aromatic carbocycles. The number of imidazole rings is 1. The number of methoxy groups -OCH3 is 1. The predicted octanol–water partition coefficient (Wildman–Crippen LogP) is 3.09. The Bertz CT molecular complexity index is 1380. The van der Waals surface area contributed by atoms with Gasteiger partial charge in [0.15, 0.2) is 5.65 Å². The summed E-state index contributed by atoms with van der Waals surface area (Å²) in [7, 11) is 1.59. The highest BCUT2D eigenvalue weighted by Crippen LogP contribution is 2.25. The second kappa shape index (κ2) is 7.61. The number of aromatic nitrogens is 4. The number of nitrogens with zero attached hydrogens (tertiary/aromatic N) is 5. The largest absolute Gasteiger partial charge is 0.497 e. The van der Waals surface area contributed by atoms with Gasteiger partial charge in [-0.1, -0.05) is 24.3 Å². The molecule has 0 bridgehead atoms. The van der Waals surface area contributed by atoms with Crippen LogP contribution in [0.5, 0.6) is 5.75 Å². The Hall–Kier alpha value is -4.12. The van der Waals surface area contributed by atoms with Gasteiger partial charge in [0.25, 0.3) is 0 Å². The van der Waals surface area contributed by atoms with Crippen LogP contribution >= 0.6 is 0 Å². The van der Waals surface area contributed by atoms with Crippen molar-refractivity contribution < 1.29 is 4.74 Å². The van der Waals surface area contributed by atoms with Gasteiger partial charge in [-0.05, 0) is 36.6 Å². The molecule has 2 aromatic heterocycles. The zero-order chi connectivity index (χ0) is 21.4. The zero-order valence-corrected chi connectivity index (χ0v) is 16.9. The monoisotopic (exact) mass is 412 g/mol. The number of ether oxygens (including phenoxy) is 1. The molecule has 4 aromatic rings. The molecule has 2 heterocycles. The van der Waals surface area contributed by atoms with E-state index in [1.807, 2.05) is 36.4 Å². The highest BCUT2D eigenvalue weighted by Gasteiger charge is 2.23. The van der Waals surface area contributed by atoms with Crippen LogP contribution in [0.15, 0.2) is 59.5 Å². The Labute approximate surface area is 178 Å². The van der Waals surface area contributed by atoms with Gasteiger partial charge in [0.1, 0.15) is 11.3 Å². The maximum absolute atomic E-state index is 13.6. The van der Waals surface area contributed by atoms with Gasteiger partial charge in [-0.25, -0.2) is 14.3 Å². The molecule has 0 atom stereocenters. The molecule has 31 heavy (non-hydrogen) atoms. The maximum atomic E-state index is 13.6. The van der Waals surface area contributed by atoms with Crippen molar-refractivity contribution in [1.29, 1.82) is 5.26 Å². The molecule has 1 aliphatic rings. The fourth-order valence-electron chi connectivity index (χ4n) is 3.59. The third kappa shape index (κ3) is 3.51. The van der Waals surface area contributed by atoms with E-state index in [1.165, 1.54) is 0 Å². The van der Waals surface area contributed by atoms with Gasteiger partial charge in [-0.3, -0.25) is 4.57 Å². The van der Waals surface area contributed by atoms with Crippen molar-refractivity contribution in [1.82, 2.24) is 19.1 Å². The summed E-state index contributed by atoms with van der Waals surface area (Å²) in [6.45, 7) is 0.245. The van der Waals surface area contributed by atoms with E-state index in [1.54, 1.807) is 34.6 Å². The lowest BCUT2D eigenvalue weighted by atomic mass is 10.1. The molecule has 0 aliphatic heterocycles. The topological polar surface area (TPSA) is 97.8 Å². The van der Waals surface area contributed by atoms with E-state index in [0.29, 0.717) is 40.2 Å². The molecule has 8 nitrogen and oxygen atoms in total. The molecule has 1 aliphatic carbocycles. The second-order valence-corrected chi connectivity index (χ2v) is 7.50. The van der Waals surface area contributed by atoms with Crippen molar-refractivity contribution in [2.75, 3.05) is 12.4 Å². The van der Waals surface area contributed by atoms with E-state index in [0.717, 1.165) is 18.4 Å². The van der Waals surface area contributed by atoms with E-state index < -0.39 is 0 Å². The van der Waals surface area contributed by atoms with Crippen LogP contribution in [0.2, 0.25) is 0 Å². The number of fused-ring (bicyclic) bond motifs is 1. The summed E-state index contributed by atoms with van der Waals surface area (Å²) in [5.41, 5.74) is 2.79. The van der Waals surface area contributed by atoms with E-state index in [9.17, 15) is 10.1 Å². The highest BCUT2D eigenvalue weighted by molar-refractivity contribution is 5.74. The number of anilines is 1. The number of nitrogens with one attached hydrogen (secondary N) is 1.